The highest BCUT2D eigenvalue weighted by Crippen LogP contribution is 2.23. The summed E-state index contributed by atoms with van der Waals surface area (Å²) in [5, 5.41) is 13.0. The summed E-state index contributed by atoms with van der Waals surface area (Å²) >= 11 is 0. The van der Waals surface area contributed by atoms with Crippen LogP contribution in [0.2, 0.25) is 0 Å². The lowest BCUT2D eigenvalue weighted by Crippen LogP contribution is -2.51. The Hall–Kier alpha value is -1.06. The summed E-state index contributed by atoms with van der Waals surface area (Å²) in [5.41, 5.74) is 1.02. The summed E-state index contributed by atoms with van der Waals surface area (Å²) < 4.78 is 5.83. The molecule has 3 nitrogen and oxygen atoms in total. The van der Waals surface area contributed by atoms with E-state index in [2.05, 4.69) is 24.4 Å². The van der Waals surface area contributed by atoms with Crippen LogP contribution >= 0.6 is 0 Å². The van der Waals surface area contributed by atoms with Gasteiger partial charge in [-0.3, -0.25) is 0 Å². The number of aliphatic hydroxyl groups excluding tert-OH is 1. The van der Waals surface area contributed by atoms with Gasteiger partial charge in [0, 0.05) is 6.04 Å². The number of aliphatic hydroxyl groups is 1. The van der Waals surface area contributed by atoms with E-state index < -0.39 is 0 Å². The van der Waals surface area contributed by atoms with Crippen molar-refractivity contribution in [2.45, 2.75) is 57.5 Å². The van der Waals surface area contributed by atoms with Gasteiger partial charge >= 0.3 is 0 Å². The summed E-state index contributed by atoms with van der Waals surface area (Å²) in [6.45, 7) is 4.81. The molecule has 0 amide bonds. The lowest BCUT2D eigenvalue weighted by molar-refractivity contribution is 0.114. The number of rotatable bonds is 9. The van der Waals surface area contributed by atoms with Crippen molar-refractivity contribution in [2.24, 2.45) is 0 Å². The molecule has 0 saturated heterocycles. The lowest BCUT2D eigenvalue weighted by atomic mass is 10.1. The molecule has 2 rings (SSSR count). The van der Waals surface area contributed by atoms with E-state index in [1.54, 1.807) is 0 Å². The second kappa shape index (κ2) is 7.09. The van der Waals surface area contributed by atoms with E-state index in [9.17, 15) is 5.11 Å². The molecule has 1 aliphatic carbocycles. The summed E-state index contributed by atoms with van der Waals surface area (Å²) in [4.78, 5) is 0. The van der Waals surface area contributed by atoms with E-state index in [4.69, 9.17) is 4.74 Å². The molecule has 1 unspecified atom stereocenters. The average molecular weight is 277 g/mol. The number of aryl methyl sites for hydroxylation is 1. The first-order chi connectivity index (χ1) is 9.65. The van der Waals surface area contributed by atoms with Crippen molar-refractivity contribution >= 4 is 0 Å². The molecule has 0 radical (unpaired) electrons. The maximum absolute atomic E-state index is 9.54. The molecule has 1 aromatic rings. The normalized spacial score (nSPS) is 17.8. The zero-order valence-electron chi connectivity index (χ0n) is 12.7. The van der Waals surface area contributed by atoms with E-state index >= 15 is 0 Å². The van der Waals surface area contributed by atoms with Gasteiger partial charge in [-0.15, -0.1) is 0 Å². The molecule has 1 saturated carbocycles. The number of ether oxygens (including phenoxy) is 1. The van der Waals surface area contributed by atoms with E-state index in [1.807, 2.05) is 19.1 Å². The van der Waals surface area contributed by atoms with Gasteiger partial charge in [-0.2, -0.15) is 0 Å². The van der Waals surface area contributed by atoms with Crippen molar-refractivity contribution in [3.8, 4) is 5.75 Å². The Morgan fingerprint density at radius 2 is 2.00 bits per heavy atom. The molecular weight excluding hydrogens is 250 g/mol. The monoisotopic (exact) mass is 277 g/mol. The summed E-state index contributed by atoms with van der Waals surface area (Å²) in [5.74, 6) is 0.877. The van der Waals surface area contributed by atoms with Crippen molar-refractivity contribution in [1.82, 2.24) is 5.32 Å². The Bertz CT molecular complexity index is 400. The van der Waals surface area contributed by atoms with Gasteiger partial charge in [0.2, 0.25) is 0 Å². The fourth-order valence-electron chi connectivity index (χ4n) is 2.23. The third kappa shape index (κ3) is 4.80. The first kappa shape index (κ1) is 15.3. The molecule has 112 valence electrons. The summed E-state index contributed by atoms with van der Waals surface area (Å²) in [6, 6.07) is 8.89. The number of hydrogen-bond donors (Lipinski definition) is 2. The Morgan fingerprint density at radius 1 is 1.30 bits per heavy atom. The molecular formula is C17H27NO2. The molecule has 0 aromatic heterocycles. The van der Waals surface area contributed by atoms with Gasteiger partial charge in [0.25, 0.3) is 0 Å². The molecule has 0 bridgehead atoms. The number of benzene rings is 1. The van der Waals surface area contributed by atoms with Crippen molar-refractivity contribution in [3.05, 3.63) is 29.8 Å². The van der Waals surface area contributed by atoms with E-state index in [0.29, 0.717) is 12.6 Å². The van der Waals surface area contributed by atoms with Crippen LogP contribution in [-0.2, 0) is 6.42 Å². The minimum absolute atomic E-state index is 0.0953. The standard InChI is InChI=1S/C17H27NO2/c1-3-4-5-14-6-10-16(11-7-14)20-13-17(2,12-19)18-15-8-9-15/h6-7,10-11,15,18-19H,3-5,8-9,12-13H2,1-2H3. The zero-order chi connectivity index (χ0) is 14.4. The lowest BCUT2D eigenvalue weighted by Gasteiger charge is -2.28. The van der Waals surface area contributed by atoms with Gasteiger partial charge in [-0.05, 0) is 50.3 Å². The maximum atomic E-state index is 9.54. The number of nitrogens with one attached hydrogen (secondary N) is 1. The molecule has 1 atom stereocenters. The third-order valence-electron chi connectivity index (χ3n) is 3.78. The summed E-state index contributed by atoms with van der Waals surface area (Å²) in [6.07, 6.45) is 6.01. The van der Waals surface area contributed by atoms with E-state index in [-0.39, 0.29) is 12.1 Å². The van der Waals surface area contributed by atoms with Gasteiger partial charge in [-0.25, -0.2) is 0 Å². The van der Waals surface area contributed by atoms with Crippen molar-refractivity contribution in [3.63, 3.8) is 0 Å². The van der Waals surface area contributed by atoms with Gasteiger partial charge in [0.05, 0.1) is 12.1 Å². The van der Waals surface area contributed by atoms with Crippen LogP contribution in [0.25, 0.3) is 0 Å². The molecule has 20 heavy (non-hydrogen) atoms. The maximum Gasteiger partial charge on any atom is 0.119 e. The Balaban J connectivity index is 1.82. The highest BCUT2D eigenvalue weighted by molar-refractivity contribution is 5.27. The quantitative estimate of drug-likeness (QED) is 0.729. The molecule has 1 aliphatic rings. The molecule has 0 heterocycles. The number of unbranched alkanes of at least 4 members (excludes halogenated alkanes) is 1. The Morgan fingerprint density at radius 3 is 2.55 bits per heavy atom. The first-order valence-electron chi connectivity index (χ1n) is 7.75. The van der Waals surface area contributed by atoms with Crippen LogP contribution in [0.4, 0.5) is 0 Å². The van der Waals surface area contributed by atoms with Gasteiger partial charge in [-0.1, -0.05) is 25.5 Å². The van der Waals surface area contributed by atoms with Crippen LogP contribution in [0, 0.1) is 0 Å². The van der Waals surface area contributed by atoms with Crippen LogP contribution in [0.3, 0.4) is 0 Å². The highest BCUT2D eigenvalue weighted by atomic mass is 16.5. The predicted octanol–water partition coefficient (Wildman–Crippen LogP) is 2.91. The van der Waals surface area contributed by atoms with Gasteiger partial charge < -0.3 is 15.2 Å². The predicted molar refractivity (Wildman–Crippen MR) is 82.2 cm³/mol. The first-order valence-corrected chi connectivity index (χ1v) is 7.75. The topological polar surface area (TPSA) is 41.5 Å². The van der Waals surface area contributed by atoms with E-state index in [0.717, 1.165) is 12.2 Å². The second-order valence-corrected chi connectivity index (χ2v) is 6.17. The molecule has 1 aromatic carbocycles. The third-order valence-corrected chi connectivity index (χ3v) is 3.78. The number of hydrogen-bond acceptors (Lipinski definition) is 3. The van der Waals surface area contributed by atoms with Crippen LogP contribution < -0.4 is 10.1 Å². The highest BCUT2D eigenvalue weighted by Gasteiger charge is 2.32. The fourth-order valence-corrected chi connectivity index (χ4v) is 2.23. The summed E-state index contributed by atoms with van der Waals surface area (Å²) in [7, 11) is 0. The SMILES string of the molecule is CCCCc1ccc(OCC(C)(CO)NC2CC2)cc1. The van der Waals surface area contributed by atoms with Crippen molar-refractivity contribution in [1.29, 1.82) is 0 Å². The van der Waals surface area contributed by atoms with Crippen LogP contribution in [0.5, 0.6) is 5.75 Å². The van der Waals surface area contributed by atoms with Gasteiger partial charge in [0.1, 0.15) is 12.4 Å². The van der Waals surface area contributed by atoms with E-state index in [1.165, 1.54) is 31.2 Å². The second-order valence-electron chi connectivity index (χ2n) is 6.17. The van der Waals surface area contributed by atoms with Crippen LogP contribution in [0.15, 0.2) is 24.3 Å². The molecule has 0 spiro atoms. The average Bonchev–Trinajstić information content (AvgIpc) is 3.28. The molecule has 2 N–H and O–H groups in total. The van der Waals surface area contributed by atoms with Crippen LogP contribution in [-0.4, -0.2) is 29.9 Å². The van der Waals surface area contributed by atoms with Crippen LogP contribution in [0.1, 0.15) is 45.1 Å². The zero-order valence-corrected chi connectivity index (χ0v) is 12.7. The largest absolute Gasteiger partial charge is 0.492 e. The van der Waals surface area contributed by atoms with Gasteiger partial charge in [0.15, 0.2) is 0 Å². The smallest absolute Gasteiger partial charge is 0.119 e. The Labute approximate surface area is 122 Å². The molecule has 3 heteroatoms. The fraction of sp³-hybridized carbons (Fsp3) is 0.647. The Kier molecular flexibility index (Phi) is 5.44. The minimum Gasteiger partial charge on any atom is -0.492 e. The molecule has 0 aliphatic heterocycles. The minimum atomic E-state index is -0.345. The molecule has 1 fully saturated rings. The van der Waals surface area contributed by atoms with Crippen molar-refractivity contribution in [2.75, 3.05) is 13.2 Å². The van der Waals surface area contributed by atoms with Crippen molar-refractivity contribution < 1.29 is 9.84 Å².